The van der Waals surface area contributed by atoms with Gasteiger partial charge in [0.05, 0.1) is 4.47 Å². The zero-order chi connectivity index (χ0) is 12.3. The predicted molar refractivity (Wildman–Crippen MR) is 69.8 cm³/mol. The highest BCUT2D eigenvalue weighted by molar-refractivity contribution is 9.10. The number of ether oxygens (including phenoxy) is 1. The quantitative estimate of drug-likeness (QED) is 0.814. The number of rotatable bonds is 6. The number of nitrogens with one attached hydrogen (secondary N) is 1. The molecule has 0 radical (unpaired) electrons. The molecule has 1 unspecified atom stereocenters. The molecule has 0 bridgehead atoms. The molecule has 0 heterocycles. The minimum absolute atomic E-state index is 0.275. The van der Waals surface area contributed by atoms with E-state index in [9.17, 15) is 4.39 Å². The van der Waals surface area contributed by atoms with Crippen LogP contribution < -0.4 is 10.1 Å². The Hall–Kier alpha value is -0.610. The Morgan fingerprint density at radius 3 is 3.00 bits per heavy atom. The van der Waals surface area contributed by atoms with Crippen molar-refractivity contribution in [2.75, 3.05) is 13.2 Å². The van der Waals surface area contributed by atoms with Crippen LogP contribution in [0.25, 0.3) is 0 Å². The summed E-state index contributed by atoms with van der Waals surface area (Å²) >= 11 is 3.33. The first-order valence-electron chi connectivity index (χ1n) is 5.98. The van der Waals surface area contributed by atoms with Gasteiger partial charge in [-0.15, -0.1) is 0 Å². The molecule has 1 aromatic carbocycles. The first-order chi connectivity index (χ1) is 8.16. The largest absolute Gasteiger partial charge is 0.491 e. The highest BCUT2D eigenvalue weighted by atomic mass is 79.9. The third-order valence-corrected chi connectivity index (χ3v) is 3.70. The standard InChI is InChI=1S/C13H17BrFNO/c1-9(10-2-3-10)16-6-7-17-13-8-11(15)4-5-12(13)14/h4-5,8-10,16H,2-3,6-7H2,1H3. The van der Waals surface area contributed by atoms with Crippen LogP contribution in [0.3, 0.4) is 0 Å². The van der Waals surface area contributed by atoms with Crippen molar-refractivity contribution in [3.05, 3.63) is 28.5 Å². The first kappa shape index (κ1) is 12.8. The van der Waals surface area contributed by atoms with Crippen LogP contribution in [0.2, 0.25) is 0 Å². The Kier molecular flexibility index (Phi) is 4.40. The van der Waals surface area contributed by atoms with Crippen molar-refractivity contribution < 1.29 is 9.13 Å². The van der Waals surface area contributed by atoms with Crippen LogP contribution in [0.4, 0.5) is 4.39 Å². The Morgan fingerprint density at radius 1 is 1.53 bits per heavy atom. The van der Waals surface area contributed by atoms with E-state index in [0.29, 0.717) is 18.4 Å². The molecular weight excluding hydrogens is 285 g/mol. The molecule has 94 valence electrons. The third-order valence-electron chi connectivity index (χ3n) is 3.05. The van der Waals surface area contributed by atoms with Crippen LogP contribution in [0.15, 0.2) is 22.7 Å². The summed E-state index contributed by atoms with van der Waals surface area (Å²) in [5.41, 5.74) is 0. The van der Waals surface area contributed by atoms with E-state index in [-0.39, 0.29) is 5.82 Å². The molecule has 0 aliphatic heterocycles. The van der Waals surface area contributed by atoms with Crippen LogP contribution >= 0.6 is 15.9 Å². The summed E-state index contributed by atoms with van der Waals surface area (Å²) in [4.78, 5) is 0. The second-order valence-electron chi connectivity index (χ2n) is 4.50. The fourth-order valence-corrected chi connectivity index (χ4v) is 2.16. The smallest absolute Gasteiger partial charge is 0.136 e. The second-order valence-corrected chi connectivity index (χ2v) is 5.36. The van der Waals surface area contributed by atoms with Crippen LogP contribution in [0.5, 0.6) is 5.75 Å². The van der Waals surface area contributed by atoms with Gasteiger partial charge in [-0.2, -0.15) is 0 Å². The molecule has 1 N–H and O–H groups in total. The average molecular weight is 302 g/mol. The first-order valence-corrected chi connectivity index (χ1v) is 6.77. The van der Waals surface area contributed by atoms with E-state index >= 15 is 0 Å². The lowest BCUT2D eigenvalue weighted by Gasteiger charge is -2.13. The Balaban J connectivity index is 1.71. The maximum absolute atomic E-state index is 13.0. The average Bonchev–Trinajstić information content (AvgIpc) is 3.12. The summed E-state index contributed by atoms with van der Waals surface area (Å²) in [7, 11) is 0. The number of hydrogen-bond donors (Lipinski definition) is 1. The van der Waals surface area contributed by atoms with Crippen molar-refractivity contribution in [3.8, 4) is 5.75 Å². The Labute approximate surface area is 110 Å². The molecule has 1 aliphatic carbocycles. The lowest BCUT2D eigenvalue weighted by atomic mass is 10.2. The molecule has 1 saturated carbocycles. The molecule has 2 nitrogen and oxygen atoms in total. The van der Waals surface area contributed by atoms with Gasteiger partial charge in [-0.3, -0.25) is 0 Å². The zero-order valence-corrected chi connectivity index (χ0v) is 11.5. The number of benzene rings is 1. The minimum Gasteiger partial charge on any atom is -0.491 e. The normalized spacial score (nSPS) is 16.9. The topological polar surface area (TPSA) is 21.3 Å². The van der Waals surface area contributed by atoms with Crippen molar-refractivity contribution in [1.82, 2.24) is 5.32 Å². The van der Waals surface area contributed by atoms with Gasteiger partial charge in [0.25, 0.3) is 0 Å². The summed E-state index contributed by atoms with van der Waals surface area (Å²) in [6.45, 7) is 3.55. The van der Waals surface area contributed by atoms with E-state index in [2.05, 4.69) is 28.2 Å². The van der Waals surface area contributed by atoms with E-state index in [0.717, 1.165) is 16.9 Å². The van der Waals surface area contributed by atoms with Gasteiger partial charge < -0.3 is 10.1 Å². The monoisotopic (exact) mass is 301 g/mol. The maximum atomic E-state index is 13.0. The predicted octanol–water partition coefficient (Wildman–Crippen LogP) is 3.36. The Morgan fingerprint density at radius 2 is 2.29 bits per heavy atom. The van der Waals surface area contributed by atoms with E-state index < -0.39 is 0 Å². The number of hydrogen-bond acceptors (Lipinski definition) is 2. The van der Waals surface area contributed by atoms with Crippen LogP contribution in [0.1, 0.15) is 19.8 Å². The summed E-state index contributed by atoms with van der Waals surface area (Å²) in [6, 6.07) is 5.03. The van der Waals surface area contributed by atoms with Gasteiger partial charge in [0.2, 0.25) is 0 Å². The Bertz CT molecular complexity index is 382. The molecule has 2 rings (SSSR count). The second kappa shape index (κ2) is 5.83. The molecule has 1 aliphatic rings. The lowest BCUT2D eigenvalue weighted by molar-refractivity contribution is 0.300. The minimum atomic E-state index is -0.275. The van der Waals surface area contributed by atoms with Crippen molar-refractivity contribution in [2.45, 2.75) is 25.8 Å². The molecule has 0 aromatic heterocycles. The van der Waals surface area contributed by atoms with E-state index in [1.165, 1.54) is 25.0 Å². The highest BCUT2D eigenvalue weighted by Gasteiger charge is 2.27. The van der Waals surface area contributed by atoms with Gasteiger partial charge in [0, 0.05) is 18.7 Å². The van der Waals surface area contributed by atoms with Crippen LogP contribution in [-0.2, 0) is 0 Å². The molecule has 1 aromatic rings. The van der Waals surface area contributed by atoms with E-state index in [1.807, 2.05) is 0 Å². The maximum Gasteiger partial charge on any atom is 0.136 e. The zero-order valence-electron chi connectivity index (χ0n) is 9.88. The fourth-order valence-electron chi connectivity index (χ4n) is 1.80. The van der Waals surface area contributed by atoms with Crippen molar-refractivity contribution in [1.29, 1.82) is 0 Å². The summed E-state index contributed by atoms with van der Waals surface area (Å²) in [6.07, 6.45) is 2.68. The van der Waals surface area contributed by atoms with E-state index in [4.69, 9.17) is 4.74 Å². The van der Waals surface area contributed by atoms with Crippen LogP contribution in [-0.4, -0.2) is 19.2 Å². The number of halogens is 2. The van der Waals surface area contributed by atoms with Gasteiger partial charge in [-0.25, -0.2) is 4.39 Å². The van der Waals surface area contributed by atoms with Gasteiger partial charge in [0.15, 0.2) is 0 Å². The van der Waals surface area contributed by atoms with Crippen molar-refractivity contribution in [2.24, 2.45) is 5.92 Å². The molecular formula is C13H17BrFNO. The summed E-state index contributed by atoms with van der Waals surface area (Å²) in [5, 5.41) is 3.41. The lowest BCUT2D eigenvalue weighted by Crippen LogP contribution is -2.31. The van der Waals surface area contributed by atoms with Gasteiger partial charge in [-0.1, -0.05) is 0 Å². The highest BCUT2D eigenvalue weighted by Crippen LogP contribution is 2.32. The molecule has 0 amide bonds. The molecule has 1 fully saturated rings. The SMILES string of the molecule is CC(NCCOc1cc(F)ccc1Br)C1CC1. The van der Waals surface area contributed by atoms with Crippen molar-refractivity contribution >= 4 is 15.9 Å². The molecule has 0 spiro atoms. The summed E-state index contributed by atoms with van der Waals surface area (Å²) in [5.74, 6) is 1.13. The molecule has 0 saturated heterocycles. The van der Waals surface area contributed by atoms with Gasteiger partial charge >= 0.3 is 0 Å². The van der Waals surface area contributed by atoms with Gasteiger partial charge in [0.1, 0.15) is 18.2 Å². The van der Waals surface area contributed by atoms with Crippen LogP contribution in [0, 0.1) is 11.7 Å². The third kappa shape index (κ3) is 3.96. The summed E-state index contributed by atoms with van der Waals surface area (Å²) < 4.78 is 19.3. The van der Waals surface area contributed by atoms with Gasteiger partial charge in [-0.05, 0) is 53.7 Å². The van der Waals surface area contributed by atoms with E-state index in [1.54, 1.807) is 6.07 Å². The fraction of sp³-hybridized carbons (Fsp3) is 0.538. The van der Waals surface area contributed by atoms with Crippen molar-refractivity contribution in [3.63, 3.8) is 0 Å². The molecule has 1 atom stereocenters. The molecule has 17 heavy (non-hydrogen) atoms. The molecule has 4 heteroatoms.